The molecule has 198 valence electrons. The number of esters is 1. The van der Waals surface area contributed by atoms with Crippen molar-refractivity contribution < 1.29 is 9.53 Å². The number of hydrogen-bond acceptors (Lipinski definition) is 4. The summed E-state index contributed by atoms with van der Waals surface area (Å²) in [6.45, 7) is 9.32. The van der Waals surface area contributed by atoms with E-state index >= 15 is 0 Å². The monoisotopic (exact) mass is 496 g/mol. The number of rotatable bonds is 7. The zero-order valence-corrected chi connectivity index (χ0v) is 24.0. The van der Waals surface area contributed by atoms with Crippen LogP contribution in [0, 0.1) is 46.3 Å². The van der Waals surface area contributed by atoms with E-state index in [1.54, 1.807) is 6.92 Å². The molecule has 5 heteroatoms. The van der Waals surface area contributed by atoms with E-state index in [2.05, 4.69) is 51.8 Å². The molecule has 8 unspecified atom stereocenters. The molecule has 0 aromatic rings. The van der Waals surface area contributed by atoms with Gasteiger partial charge < -0.3 is 14.5 Å². The lowest BCUT2D eigenvalue weighted by Crippen LogP contribution is -2.54. The van der Waals surface area contributed by atoms with E-state index in [4.69, 9.17) is 4.74 Å². The first-order chi connectivity index (χ1) is 15.5. The molecule has 4 rings (SSSR count). The van der Waals surface area contributed by atoms with Crippen LogP contribution in [0.25, 0.3) is 0 Å². The second-order valence-electron chi connectivity index (χ2n) is 13.6. The van der Waals surface area contributed by atoms with Crippen LogP contribution in [0.4, 0.5) is 0 Å². The van der Waals surface area contributed by atoms with Gasteiger partial charge >= 0.3 is 5.97 Å². The third-order valence-corrected chi connectivity index (χ3v) is 11.0. The molecule has 0 aliphatic heterocycles. The highest BCUT2D eigenvalue weighted by molar-refractivity contribution is 5.85. The smallest absolute Gasteiger partial charge is 0.302 e. The maximum absolute atomic E-state index is 11.5. The number of carbonyl (C=O) groups excluding carboxylic acids is 1. The molecule has 4 fully saturated rings. The number of fused-ring (bicyclic) bond motifs is 5. The topological polar surface area (TPSA) is 32.8 Å². The van der Waals surface area contributed by atoms with E-state index in [0.717, 1.165) is 48.3 Å². The lowest BCUT2D eigenvalue weighted by molar-refractivity contribution is -0.160. The van der Waals surface area contributed by atoms with Gasteiger partial charge in [-0.1, -0.05) is 13.8 Å². The van der Waals surface area contributed by atoms with Crippen LogP contribution in [0.15, 0.2) is 0 Å². The Kier molecular flexibility index (Phi) is 9.12. The van der Waals surface area contributed by atoms with Gasteiger partial charge in [0.2, 0.25) is 0 Å². The molecule has 4 aliphatic carbocycles. The quantitative estimate of drug-likeness (QED) is 0.397. The first-order valence-electron chi connectivity index (χ1n) is 14.0. The van der Waals surface area contributed by atoms with Crippen molar-refractivity contribution in [1.29, 1.82) is 0 Å². The van der Waals surface area contributed by atoms with Crippen LogP contribution >= 0.6 is 12.4 Å². The van der Waals surface area contributed by atoms with Crippen LogP contribution < -0.4 is 0 Å². The number of carbonyl (C=O) groups is 1. The highest BCUT2D eigenvalue weighted by Crippen LogP contribution is 2.68. The van der Waals surface area contributed by atoms with Gasteiger partial charge in [-0.05, 0) is 139 Å². The third kappa shape index (κ3) is 5.49. The average molecular weight is 497 g/mol. The van der Waals surface area contributed by atoms with E-state index in [1.807, 2.05) is 0 Å². The summed E-state index contributed by atoms with van der Waals surface area (Å²) in [7, 11) is 8.95. The van der Waals surface area contributed by atoms with Crippen molar-refractivity contribution in [2.24, 2.45) is 46.3 Å². The van der Waals surface area contributed by atoms with E-state index in [0.29, 0.717) is 10.8 Å². The molecule has 0 heterocycles. The Labute approximate surface area is 216 Å². The number of nitrogens with zero attached hydrogens (tertiary/aromatic N) is 2. The van der Waals surface area contributed by atoms with Gasteiger partial charge in [0, 0.05) is 20.0 Å². The van der Waals surface area contributed by atoms with Crippen LogP contribution in [0.5, 0.6) is 0 Å². The first kappa shape index (κ1) is 28.3. The molecule has 0 spiro atoms. The van der Waals surface area contributed by atoms with Gasteiger partial charge in [-0.2, -0.15) is 0 Å². The molecule has 4 nitrogen and oxygen atoms in total. The minimum Gasteiger partial charge on any atom is -0.463 e. The molecule has 0 amide bonds. The van der Waals surface area contributed by atoms with E-state index in [-0.39, 0.29) is 24.5 Å². The summed E-state index contributed by atoms with van der Waals surface area (Å²) >= 11 is 0. The molecule has 0 aromatic carbocycles. The maximum atomic E-state index is 11.5. The van der Waals surface area contributed by atoms with Crippen molar-refractivity contribution >= 4 is 18.4 Å². The summed E-state index contributed by atoms with van der Waals surface area (Å²) in [6, 6.07) is 0. The highest BCUT2D eigenvalue weighted by Gasteiger charge is 2.60. The largest absolute Gasteiger partial charge is 0.463 e. The van der Waals surface area contributed by atoms with Crippen molar-refractivity contribution in [3.05, 3.63) is 0 Å². The molecule has 4 saturated carbocycles. The molecular formula is C29H53ClN2O2. The SMILES string of the molecule is CC(=O)OC1CCC2(C)C(CCC3C4CCC(CC(CN(C)C)CN(C)C)C4(C)CCC32)C1.Cl. The second-order valence-corrected chi connectivity index (χ2v) is 13.6. The predicted molar refractivity (Wildman–Crippen MR) is 143 cm³/mol. The molecule has 0 N–H and O–H groups in total. The van der Waals surface area contributed by atoms with Crippen LogP contribution in [0.2, 0.25) is 0 Å². The fourth-order valence-electron chi connectivity index (χ4n) is 9.70. The Bertz CT molecular complexity index is 690. The average Bonchev–Trinajstić information content (AvgIpc) is 3.03. The lowest BCUT2D eigenvalue weighted by atomic mass is 9.44. The van der Waals surface area contributed by atoms with E-state index < -0.39 is 0 Å². The van der Waals surface area contributed by atoms with Crippen molar-refractivity contribution in [2.45, 2.75) is 91.1 Å². The summed E-state index contributed by atoms with van der Waals surface area (Å²) < 4.78 is 5.67. The van der Waals surface area contributed by atoms with Crippen molar-refractivity contribution in [3.8, 4) is 0 Å². The lowest BCUT2D eigenvalue weighted by Gasteiger charge is -2.61. The standard InChI is InChI=1S/C29H52N2O2.ClH/c1-20(32)33-24-12-14-28(2)23(17-24)8-10-25-26-11-9-22(29(26,3)15-13-27(25)28)16-21(18-30(4)5)19-31(6)7;/h21-27H,8-19H2,1-7H3;1H. The van der Waals surface area contributed by atoms with Crippen molar-refractivity contribution in [3.63, 3.8) is 0 Å². The Balaban J connectivity index is 0.00000324. The Hall–Kier alpha value is -0.320. The summed E-state index contributed by atoms with van der Waals surface area (Å²) in [5, 5.41) is 0. The fourth-order valence-corrected chi connectivity index (χ4v) is 9.70. The normalized spacial score (nSPS) is 41.6. The van der Waals surface area contributed by atoms with Crippen LogP contribution in [0.1, 0.15) is 85.0 Å². The summed E-state index contributed by atoms with van der Waals surface area (Å²) in [4.78, 5) is 16.3. The molecule has 0 radical (unpaired) electrons. The Morgan fingerprint density at radius 1 is 0.882 bits per heavy atom. The van der Waals surface area contributed by atoms with Gasteiger partial charge in [0.05, 0.1) is 0 Å². The first-order valence-corrected chi connectivity index (χ1v) is 14.0. The molecule has 4 aliphatic rings. The van der Waals surface area contributed by atoms with Gasteiger partial charge in [0.25, 0.3) is 0 Å². The molecular weight excluding hydrogens is 444 g/mol. The summed E-state index contributed by atoms with van der Waals surface area (Å²) in [5.74, 6) is 5.10. The zero-order valence-electron chi connectivity index (χ0n) is 23.1. The number of hydrogen-bond donors (Lipinski definition) is 0. The molecule has 34 heavy (non-hydrogen) atoms. The number of ether oxygens (including phenoxy) is 1. The van der Waals surface area contributed by atoms with Gasteiger partial charge in [-0.15, -0.1) is 12.4 Å². The third-order valence-electron chi connectivity index (χ3n) is 11.0. The van der Waals surface area contributed by atoms with E-state index in [1.165, 1.54) is 64.5 Å². The van der Waals surface area contributed by atoms with Crippen LogP contribution in [-0.4, -0.2) is 63.2 Å². The molecule has 0 bridgehead atoms. The van der Waals surface area contributed by atoms with Gasteiger partial charge in [-0.25, -0.2) is 0 Å². The van der Waals surface area contributed by atoms with Gasteiger partial charge in [0.15, 0.2) is 0 Å². The zero-order chi connectivity index (χ0) is 24.0. The molecule has 0 saturated heterocycles. The molecule has 8 atom stereocenters. The molecule has 0 aromatic heterocycles. The fraction of sp³-hybridized carbons (Fsp3) is 0.966. The summed E-state index contributed by atoms with van der Waals surface area (Å²) in [6.07, 6.45) is 13.6. The number of halogens is 1. The van der Waals surface area contributed by atoms with Gasteiger partial charge in [0.1, 0.15) is 6.10 Å². The summed E-state index contributed by atoms with van der Waals surface area (Å²) in [5.41, 5.74) is 1.02. The minimum absolute atomic E-state index is 0. The maximum Gasteiger partial charge on any atom is 0.302 e. The predicted octanol–water partition coefficient (Wildman–Crippen LogP) is 6.13. The van der Waals surface area contributed by atoms with Crippen LogP contribution in [0.3, 0.4) is 0 Å². The van der Waals surface area contributed by atoms with Crippen LogP contribution in [-0.2, 0) is 9.53 Å². The Morgan fingerprint density at radius 2 is 1.50 bits per heavy atom. The van der Waals surface area contributed by atoms with E-state index in [9.17, 15) is 4.79 Å². The minimum atomic E-state index is -0.0930. The van der Waals surface area contributed by atoms with Crippen molar-refractivity contribution in [2.75, 3.05) is 41.3 Å². The van der Waals surface area contributed by atoms with Crippen molar-refractivity contribution in [1.82, 2.24) is 9.80 Å². The van der Waals surface area contributed by atoms with Gasteiger partial charge in [-0.3, -0.25) is 4.79 Å². The highest BCUT2D eigenvalue weighted by atomic mass is 35.5. The Morgan fingerprint density at radius 3 is 2.12 bits per heavy atom. The second kappa shape index (κ2) is 11.0.